The Balaban J connectivity index is 2.06. The maximum atomic E-state index is 12.7. The standard InChI is InChI=1S/C15H16N4O3S2/c1-3-13-17-18-15(23-13)19-24(20,21)12-8-7-11(22-4-2)14-10(12)6-5-9-16-14/h5-9H,3-4H2,1-2H3,(H,18,19). The number of aryl methyl sites for hydroxylation is 1. The first-order chi connectivity index (χ1) is 11.5. The van der Waals surface area contributed by atoms with Crippen molar-refractivity contribution in [2.45, 2.75) is 25.2 Å². The Morgan fingerprint density at radius 2 is 2.04 bits per heavy atom. The van der Waals surface area contributed by atoms with Crippen LogP contribution >= 0.6 is 11.3 Å². The molecule has 9 heteroatoms. The summed E-state index contributed by atoms with van der Waals surface area (Å²) < 4.78 is 33.5. The van der Waals surface area contributed by atoms with Gasteiger partial charge in [-0.2, -0.15) is 0 Å². The SMILES string of the molecule is CCOc1ccc(S(=O)(=O)Nc2nnc(CC)s2)c2cccnc12. The van der Waals surface area contributed by atoms with Crippen molar-refractivity contribution in [2.75, 3.05) is 11.3 Å². The Bertz CT molecular complexity index is 970. The molecule has 3 rings (SSSR count). The zero-order chi connectivity index (χ0) is 17.2. The molecule has 1 N–H and O–H groups in total. The lowest BCUT2D eigenvalue weighted by atomic mass is 10.2. The molecule has 0 radical (unpaired) electrons. The zero-order valence-electron chi connectivity index (χ0n) is 13.2. The molecule has 0 aliphatic carbocycles. The van der Waals surface area contributed by atoms with Gasteiger partial charge in [0.2, 0.25) is 5.13 Å². The third-order valence-electron chi connectivity index (χ3n) is 3.27. The molecule has 0 saturated carbocycles. The predicted octanol–water partition coefficient (Wildman–Crippen LogP) is 2.85. The van der Waals surface area contributed by atoms with E-state index in [1.165, 1.54) is 17.4 Å². The van der Waals surface area contributed by atoms with E-state index in [-0.39, 0.29) is 10.0 Å². The number of anilines is 1. The molecular weight excluding hydrogens is 348 g/mol. The van der Waals surface area contributed by atoms with Gasteiger partial charge in [0.1, 0.15) is 16.3 Å². The first kappa shape index (κ1) is 16.6. The van der Waals surface area contributed by atoms with Crippen molar-refractivity contribution in [3.05, 3.63) is 35.5 Å². The molecule has 0 amide bonds. The van der Waals surface area contributed by atoms with Crippen LogP contribution < -0.4 is 9.46 Å². The fraction of sp³-hybridized carbons (Fsp3) is 0.267. The molecule has 7 nitrogen and oxygen atoms in total. The average molecular weight is 364 g/mol. The number of pyridine rings is 1. The van der Waals surface area contributed by atoms with Crippen LogP contribution in [0.4, 0.5) is 5.13 Å². The highest BCUT2D eigenvalue weighted by Crippen LogP contribution is 2.31. The molecule has 0 spiro atoms. The molecule has 0 unspecified atom stereocenters. The summed E-state index contributed by atoms with van der Waals surface area (Å²) in [6.45, 7) is 4.27. The minimum absolute atomic E-state index is 0.127. The predicted molar refractivity (Wildman–Crippen MR) is 93.0 cm³/mol. The Hall–Kier alpha value is -2.26. The summed E-state index contributed by atoms with van der Waals surface area (Å²) in [5, 5.41) is 9.30. The van der Waals surface area contributed by atoms with Gasteiger partial charge >= 0.3 is 0 Å². The third kappa shape index (κ3) is 3.17. The van der Waals surface area contributed by atoms with E-state index in [1.54, 1.807) is 24.4 Å². The molecule has 0 aliphatic rings. The van der Waals surface area contributed by atoms with E-state index in [0.717, 1.165) is 5.01 Å². The summed E-state index contributed by atoms with van der Waals surface area (Å²) >= 11 is 1.22. The second kappa shape index (κ2) is 6.70. The molecule has 0 aliphatic heterocycles. The largest absolute Gasteiger partial charge is 0.492 e. The maximum Gasteiger partial charge on any atom is 0.264 e. The van der Waals surface area contributed by atoms with Crippen molar-refractivity contribution in [1.82, 2.24) is 15.2 Å². The molecular formula is C15H16N4O3S2. The van der Waals surface area contributed by atoms with Crippen LogP contribution in [-0.4, -0.2) is 30.2 Å². The number of hydrogen-bond donors (Lipinski definition) is 1. The fourth-order valence-corrected chi connectivity index (χ4v) is 4.34. The van der Waals surface area contributed by atoms with Crippen LogP contribution in [0.25, 0.3) is 10.9 Å². The van der Waals surface area contributed by atoms with Crippen LogP contribution in [0.15, 0.2) is 35.4 Å². The number of rotatable bonds is 6. The van der Waals surface area contributed by atoms with E-state index in [9.17, 15) is 8.42 Å². The van der Waals surface area contributed by atoms with Crippen LogP contribution in [0.5, 0.6) is 5.75 Å². The molecule has 0 bridgehead atoms. The molecule has 1 aromatic carbocycles. The van der Waals surface area contributed by atoms with Crippen LogP contribution in [0.1, 0.15) is 18.9 Å². The second-order valence-electron chi connectivity index (χ2n) is 4.85. The van der Waals surface area contributed by atoms with Gasteiger partial charge in [-0.3, -0.25) is 9.71 Å². The molecule has 3 aromatic rings. The molecule has 0 atom stereocenters. The van der Waals surface area contributed by atoms with Crippen LogP contribution in [-0.2, 0) is 16.4 Å². The first-order valence-corrected chi connectivity index (χ1v) is 9.71. The number of ether oxygens (including phenoxy) is 1. The molecule has 24 heavy (non-hydrogen) atoms. The normalized spacial score (nSPS) is 11.6. The highest BCUT2D eigenvalue weighted by molar-refractivity contribution is 7.93. The highest BCUT2D eigenvalue weighted by Gasteiger charge is 2.21. The van der Waals surface area contributed by atoms with E-state index in [1.807, 2.05) is 13.8 Å². The van der Waals surface area contributed by atoms with Crippen LogP contribution in [0.2, 0.25) is 0 Å². The lowest BCUT2D eigenvalue weighted by Gasteiger charge is -2.11. The topological polar surface area (TPSA) is 94.1 Å². The quantitative estimate of drug-likeness (QED) is 0.723. The van der Waals surface area contributed by atoms with Gasteiger partial charge in [0.15, 0.2) is 0 Å². The molecule has 0 fully saturated rings. The number of sulfonamides is 1. The summed E-state index contributed by atoms with van der Waals surface area (Å²) in [6, 6.07) is 6.53. The number of hydrogen-bond acceptors (Lipinski definition) is 7. The van der Waals surface area contributed by atoms with E-state index in [4.69, 9.17) is 4.74 Å². The first-order valence-electron chi connectivity index (χ1n) is 7.41. The zero-order valence-corrected chi connectivity index (χ0v) is 14.8. The number of benzene rings is 1. The van der Waals surface area contributed by atoms with Gasteiger partial charge in [-0.15, -0.1) is 10.2 Å². The minimum Gasteiger partial charge on any atom is -0.492 e. The Kier molecular flexibility index (Phi) is 4.63. The summed E-state index contributed by atoms with van der Waals surface area (Å²) in [7, 11) is -3.80. The molecule has 126 valence electrons. The second-order valence-corrected chi connectivity index (χ2v) is 7.57. The summed E-state index contributed by atoms with van der Waals surface area (Å²) in [5.41, 5.74) is 0.508. The van der Waals surface area contributed by atoms with Crippen molar-refractivity contribution in [1.29, 1.82) is 0 Å². The van der Waals surface area contributed by atoms with E-state index in [0.29, 0.717) is 29.7 Å². The smallest absolute Gasteiger partial charge is 0.264 e. The molecule has 2 aromatic heterocycles. The number of nitrogens with zero attached hydrogens (tertiary/aromatic N) is 3. The van der Waals surface area contributed by atoms with E-state index < -0.39 is 10.0 Å². The number of aromatic nitrogens is 3. The van der Waals surface area contributed by atoms with Crippen LogP contribution in [0, 0.1) is 0 Å². The number of nitrogens with one attached hydrogen (secondary N) is 1. The average Bonchev–Trinajstić information content (AvgIpc) is 3.02. The van der Waals surface area contributed by atoms with E-state index >= 15 is 0 Å². The Morgan fingerprint density at radius 1 is 1.21 bits per heavy atom. The third-order valence-corrected chi connectivity index (χ3v) is 5.78. The van der Waals surface area contributed by atoms with Gasteiger partial charge in [0, 0.05) is 11.6 Å². The van der Waals surface area contributed by atoms with Crippen molar-refractivity contribution >= 4 is 37.4 Å². The van der Waals surface area contributed by atoms with Crippen molar-refractivity contribution in [3.63, 3.8) is 0 Å². The molecule has 0 saturated heterocycles. The van der Waals surface area contributed by atoms with Gasteiger partial charge in [0.25, 0.3) is 10.0 Å². The monoisotopic (exact) mass is 364 g/mol. The summed E-state index contributed by atoms with van der Waals surface area (Å²) in [4.78, 5) is 4.38. The van der Waals surface area contributed by atoms with Crippen molar-refractivity contribution in [2.24, 2.45) is 0 Å². The van der Waals surface area contributed by atoms with Gasteiger partial charge in [-0.05, 0) is 37.6 Å². The number of fused-ring (bicyclic) bond motifs is 1. The van der Waals surface area contributed by atoms with Crippen LogP contribution in [0.3, 0.4) is 0 Å². The van der Waals surface area contributed by atoms with Crippen molar-refractivity contribution in [3.8, 4) is 5.75 Å². The Labute approximate surface area is 143 Å². The summed E-state index contributed by atoms with van der Waals surface area (Å²) in [5.74, 6) is 0.552. The lowest BCUT2D eigenvalue weighted by molar-refractivity contribution is 0.343. The Morgan fingerprint density at radius 3 is 2.75 bits per heavy atom. The minimum atomic E-state index is -3.80. The maximum absolute atomic E-state index is 12.7. The summed E-state index contributed by atoms with van der Waals surface area (Å²) in [6.07, 6.45) is 2.31. The lowest BCUT2D eigenvalue weighted by Crippen LogP contribution is -2.13. The van der Waals surface area contributed by atoms with Gasteiger partial charge < -0.3 is 4.74 Å². The van der Waals surface area contributed by atoms with E-state index in [2.05, 4.69) is 19.9 Å². The fourth-order valence-electron chi connectivity index (χ4n) is 2.23. The highest BCUT2D eigenvalue weighted by atomic mass is 32.2. The van der Waals surface area contributed by atoms with Crippen molar-refractivity contribution < 1.29 is 13.2 Å². The molecule has 2 heterocycles. The van der Waals surface area contributed by atoms with Gasteiger partial charge in [-0.25, -0.2) is 8.42 Å². The van der Waals surface area contributed by atoms with Gasteiger partial charge in [-0.1, -0.05) is 18.3 Å². The van der Waals surface area contributed by atoms with Gasteiger partial charge in [0.05, 0.1) is 11.5 Å².